The van der Waals surface area contributed by atoms with Gasteiger partial charge in [-0.25, -0.2) is 0 Å². The molecule has 1 heterocycles. The highest BCUT2D eigenvalue weighted by molar-refractivity contribution is 5.92. The van der Waals surface area contributed by atoms with Gasteiger partial charge in [0.05, 0.1) is 0 Å². The van der Waals surface area contributed by atoms with Gasteiger partial charge in [0.25, 0.3) is 5.91 Å². The Kier molecular flexibility index (Phi) is 7.21. The van der Waals surface area contributed by atoms with Crippen molar-refractivity contribution in [2.75, 3.05) is 26.2 Å². The van der Waals surface area contributed by atoms with Crippen LogP contribution in [0, 0.1) is 5.92 Å². The fraction of sp³-hybridized carbons (Fsp3) is 0.300. The summed E-state index contributed by atoms with van der Waals surface area (Å²) in [4.78, 5) is 25.4. The number of primary amides is 1. The van der Waals surface area contributed by atoms with Gasteiger partial charge < -0.3 is 21.1 Å². The number of amides is 2. The monoisotopic (exact) mass is 389 g/mol. The summed E-state index contributed by atoms with van der Waals surface area (Å²) in [5.41, 5.74) is 12.7. The second-order valence-corrected chi connectivity index (χ2v) is 6.49. The van der Waals surface area contributed by atoms with Crippen LogP contribution in [0.25, 0.3) is 0 Å². The first-order valence-corrected chi connectivity index (χ1v) is 8.64. The van der Waals surface area contributed by atoms with Gasteiger partial charge in [0.2, 0.25) is 5.91 Å². The number of carbonyl (C=O) groups excluding carboxylic acids is 2. The number of hydrogen-bond acceptors (Lipinski definition) is 4. The molecule has 3 rings (SSSR count). The van der Waals surface area contributed by atoms with Gasteiger partial charge in [0.15, 0.2) is 6.61 Å². The van der Waals surface area contributed by atoms with Crippen molar-refractivity contribution in [3.63, 3.8) is 0 Å². The number of ether oxygens (including phenoxy) is 1. The van der Waals surface area contributed by atoms with Gasteiger partial charge in [-0.05, 0) is 42.3 Å². The average molecular weight is 390 g/mol. The third kappa shape index (κ3) is 4.99. The molecule has 2 amide bonds. The SMILES string of the molecule is Cl.NC[C@@H]1CN(C(=O)COc2ccc(C(N)=O)cc2)C[C@H]1c1ccccc1. The van der Waals surface area contributed by atoms with Crippen molar-refractivity contribution in [3.8, 4) is 5.75 Å². The zero-order valence-electron chi connectivity index (χ0n) is 14.9. The Labute approximate surface area is 164 Å². The molecule has 6 nitrogen and oxygen atoms in total. The molecule has 0 unspecified atom stereocenters. The lowest BCUT2D eigenvalue weighted by Crippen LogP contribution is -2.33. The van der Waals surface area contributed by atoms with E-state index in [1.807, 2.05) is 23.1 Å². The van der Waals surface area contributed by atoms with Crippen LogP contribution in [-0.4, -0.2) is 43.0 Å². The quantitative estimate of drug-likeness (QED) is 0.786. The maximum Gasteiger partial charge on any atom is 0.260 e. The van der Waals surface area contributed by atoms with Crippen molar-refractivity contribution in [1.82, 2.24) is 4.90 Å². The summed E-state index contributed by atoms with van der Waals surface area (Å²) in [6.07, 6.45) is 0. The Morgan fingerprint density at radius 2 is 1.70 bits per heavy atom. The Bertz CT molecular complexity index is 768. The first kappa shape index (κ1) is 20.7. The molecule has 1 aliphatic heterocycles. The number of likely N-dealkylation sites (tertiary alicyclic amines) is 1. The largest absolute Gasteiger partial charge is 0.484 e. The Morgan fingerprint density at radius 3 is 2.30 bits per heavy atom. The van der Waals surface area contributed by atoms with Gasteiger partial charge in [-0.2, -0.15) is 0 Å². The van der Waals surface area contributed by atoms with Crippen LogP contribution in [0.1, 0.15) is 21.8 Å². The predicted octanol–water partition coefficient (Wildman–Crippen LogP) is 1.79. The summed E-state index contributed by atoms with van der Waals surface area (Å²) in [5, 5.41) is 0. The molecule has 0 aromatic heterocycles. The third-order valence-electron chi connectivity index (χ3n) is 4.83. The molecule has 2 aromatic rings. The van der Waals surface area contributed by atoms with Crippen molar-refractivity contribution in [3.05, 3.63) is 65.7 Å². The molecule has 1 fully saturated rings. The molecule has 1 saturated heterocycles. The molecule has 1 aliphatic rings. The van der Waals surface area contributed by atoms with Crippen LogP contribution >= 0.6 is 12.4 Å². The first-order valence-electron chi connectivity index (χ1n) is 8.64. The highest BCUT2D eigenvalue weighted by Crippen LogP contribution is 2.32. The summed E-state index contributed by atoms with van der Waals surface area (Å²) in [6, 6.07) is 16.6. The van der Waals surface area contributed by atoms with E-state index in [-0.39, 0.29) is 36.8 Å². The van der Waals surface area contributed by atoms with Crippen LogP contribution in [-0.2, 0) is 4.79 Å². The molecule has 144 valence electrons. The highest BCUT2D eigenvalue weighted by Gasteiger charge is 2.35. The van der Waals surface area contributed by atoms with Gasteiger partial charge in [-0.3, -0.25) is 9.59 Å². The van der Waals surface area contributed by atoms with Gasteiger partial charge in [0.1, 0.15) is 5.75 Å². The Balaban J connectivity index is 0.00000261. The van der Waals surface area contributed by atoms with E-state index in [9.17, 15) is 9.59 Å². The van der Waals surface area contributed by atoms with Crippen molar-refractivity contribution in [2.24, 2.45) is 17.4 Å². The van der Waals surface area contributed by atoms with E-state index in [1.54, 1.807) is 24.3 Å². The normalized spacial score (nSPS) is 18.6. The lowest BCUT2D eigenvalue weighted by atomic mass is 9.89. The number of halogens is 1. The predicted molar refractivity (Wildman–Crippen MR) is 106 cm³/mol. The summed E-state index contributed by atoms with van der Waals surface area (Å²) in [5.74, 6) is 0.457. The minimum Gasteiger partial charge on any atom is -0.484 e. The molecule has 0 aliphatic carbocycles. The van der Waals surface area contributed by atoms with E-state index in [4.69, 9.17) is 16.2 Å². The smallest absolute Gasteiger partial charge is 0.260 e. The van der Waals surface area contributed by atoms with Gasteiger partial charge in [-0.15, -0.1) is 12.4 Å². The molecular formula is C20H24ClN3O3. The Morgan fingerprint density at radius 1 is 1.04 bits per heavy atom. The summed E-state index contributed by atoms with van der Waals surface area (Å²) < 4.78 is 5.55. The van der Waals surface area contributed by atoms with E-state index in [2.05, 4.69) is 12.1 Å². The van der Waals surface area contributed by atoms with Crippen LogP contribution in [0.2, 0.25) is 0 Å². The van der Waals surface area contributed by atoms with Gasteiger partial charge in [-0.1, -0.05) is 30.3 Å². The average Bonchev–Trinajstić information content (AvgIpc) is 3.11. The minimum atomic E-state index is -0.496. The molecule has 0 saturated carbocycles. The van der Waals surface area contributed by atoms with E-state index in [0.29, 0.717) is 30.9 Å². The lowest BCUT2D eigenvalue weighted by Gasteiger charge is -2.17. The van der Waals surface area contributed by atoms with Crippen LogP contribution in [0.4, 0.5) is 0 Å². The van der Waals surface area contributed by atoms with Crippen molar-refractivity contribution >= 4 is 24.2 Å². The van der Waals surface area contributed by atoms with Crippen LogP contribution < -0.4 is 16.2 Å². The fourth-order valence-corrected chi connectivity index (χ4v) is 3.34. The van der Waals surface area contributed by atoms with E-state index < -0.39 is 5.91 Å². The first-order chi connectivity index (χ1) is 12.6. The number of carbonyl (C=O) groups is 2. The minimum absolute atomic E-state index is 0. The maximum atomic E-state index is 12.5. The summed E-state index contributed by atoms with van der Waals surface area (Å²) >= 11 is 0. The molecule has 0 bridgehead atoms. The number of benzene rings is 2. The van der Waals surface area contributed by atoms with E-state index in [0.717, 1.165) is 0 Å². The van der Waals surface area contributed by atoms with Crippen LogP contribution in [0.15, 0.2) is 54.6 Å². The molecule has 2 aromatic carbocycles. The van der Waals surface area contributed by atoms with Crippen LogP contribution in [0.3, 0.4) is 0 Å². The van der Waals surface area contributed by atoms with Crippen molar-refractivity contribution in [1.29, 1.82) is 0 Å². The van der Waals surface area contributed by atoms with Gasteiger partial charge in [0, 0.05) is 24.6 Å². The number of nitrogens with zero attached hydrogens (tertiary/aromatic N) is 1. The zero-order valence-corrected chi connectivity index (χ0v) is 15.7. The second kappa shape index (κ2) is 9.39. The molecule has 27 heavy (non-hydrogen) atoms. The Hall–Kier alpha value is -2.57. The molecule has 0 spiro atoms. The molecule has 4 N–H and O–H groups in total. The number of hydrogen-bond donors (Lipinski definition) is 2. The summed E-state index contributed by atoms with van der Waals surface area (Å²) in [6.45, 7) is 1.78. The number of nitrogens with two attached hydrogens (primary N) is 2. The van der Waals surface area contributed by atoms with Crippen molar-refractivity contribution < 1.29 is 14.3 Å². The van der Waals surface area contributed by atoms with E-state index in [1.165, 1.54) is 5.56 Å². The van der Waals surface area contributed by atoms with Gasteiger partial charge >= 0.3 is 0 Å². The second-order valence-electron chi connectivity index (χ2n) is 6.49. The zero-order chi connectivity index (χ0) is 18.5. The standard InChI is InChI=1S/C20H23N3O3.ClH/c21-10-16-11-23(12-18(16)14-4-2-1-3-5-14)19(24)13-26-17-8-6-15(7-9-17)20(22)25;/h1-9,16,18H,10-13,21H2,(H2,22,25);1H/t16-,18+;/m1./s1. The van der Waals surface area contributed by atoms with Crippen LogP contribution in [0.5, 0.6) is 5.75 Å². The topological polar surface area (TPSA) is 98.7 Å². The third-order valence-corrected chi connectivity index (χ3v) is 4.83. The molecule has 0 radical (unpaired) electrons. The fourth-order valence-electron chi connectivity index (χ4n) is 3.34. The molecule has 7 heteroatoms. The van der Waals surface area contributed by atoms with E-state index >= 15 is 0 Å². The molecular weight excluding hydrogens is 366 g/mol. The molecule has 2 atom stereocenters. The highest BCUT2D eigenvalue weighted by atomic mass is 35.5. The van der Waals surface area contributed by atoms with Crippen molar-refractivity contribution in [2.45, 2.75) is 5.92 Å². The summed E-state index contributed by atoms with van der Waals surface area (Å²) in [7, 11) is 0. The lowest BCUT2D eigenvalue weighted by molar-refractivity contribution is -0.132. The number of rotatable bonds is 6. The maximum absolute atomic E-state index is 12.5.